The Morgan fingerprint density at radius 1 is 1.00 bits per heavy atom. The Hall–Kier alpha value is -4.88. The van der Waals surface area contributed by atoms with Gasteiger partial charge in [-0.05, 0) is 60.2 Å². The number of hydrogen-bond acceptors (Lipinski definition) is 10. The van der Waals surface area contributed by atoms with E-state index in [1.54, 1.807) is 19.1 Å². The molecule has 5 rings (SSSR count). The van der Waals surface area contributed by atoms with Gasteiger partial charge in [0.2, 0.25) is 11.8 Å². The van der Waals surface area contributed by atoms with Crippen molar-refractivity contribution < 1.29 is 38.5 Å². The van der Waals surface area contributed by atoms with Crippen LogP contribution in [0.15, 0.2) is 72.8 Å². The molecule has 13 heteroatoms. The highest BCUT2D eigenvalue weighted by Gasteiger charge is 2.40. The average Bonchev–Trinajstić information content (AvgIpc) is 3.15. The van der Waals surface area contributed by atoms with Crippen LogP contribution in [0.1, 0.15) is 54.7 Å². The van der Waals surface area contributed by atoms with Crippen molar-refractivity contribution in [2.24, 2.45) is 0 Å². The molecule has 0 bridgehead atoms. The van der Waals surface area contributed by atoms with Crippen LogP contribution in [0.25, 0.3) is 0 Å². The lowest BCUT2D eigenvalue weighted by atomic mass is 9.81. The van der Waals surface area contributed by atoms with Gasteiger partial charge >= 0.3 is 0 Å². The van der Waals surface area contributed by atoms with Crippen LogP contribution in [0.3, 0.4) is 0 Å². The molecule has 3 aromatic rings. The molecule has 0 aromatic heterocycles. The van der Waals surface area contributed by atoms with Crippen LogP contribution < -0.4 is 19.7 Å². The fourth-order valence-electron chi connectivity index (χ4n) is 6.74. The van der Waals surface area contributed by atoms with Crippen molar-refractivity contribution in [2.75, 3.05) is 58.6 Å². The lowest BCUT2D eigenvalue weighted by Crippen LogP contribution is -2.53. The number of nitrogens with zero attached hydrogens (tertiary/aromatic N) is 3. The molecule has 1 fully saturated rings. The molecule has 13 nitrogen and oxygen atoms in total. The van der Waals surface area contributed by atoms with Crippen LogP contribution in [-0.4, -0.2) is 87.6 Å². The van der Waals surface area contributed by atoms with E-state index < -0.39 is 17.2 Å². The Bertz CT molecular complexity index is 1570. The number of rotatable bonds is 18. The summed E-state index contributed by atoms with van der Waals surface area (Å²) in [6.07, 6.45) is 1.31. The molecule has 3 unspecified atom stereocenters. The molecule has 51 heavy (non-hydrogen) atoms. The molecule has 0 radical (unpaired) electrons. The number of nitrogens with one attached hydrogen (secondary N) is 1. The van der Waals surface area contributed by atoms with E-state index in [-0.39, 0.29) is 50.1 Å². The maximum Gasteiger partial charge on any atom is 0.294 e. The van der Waals surface area contributed by atoms with Crippen molar-refractivity contribution in [1.82, 2.24) is 10.2 Å². The van der Waals surface area contributed by atoms with E-state index in [0.717, 1.165) is 53.4 Å². The summed E-state index contributed by atoms with van der Waals surface area (Å²) in [6.45, 7) is 3.67. The molecule has 3 aromatic carbocycles. The third-order valence-electron chi connectivity index (χ3n) is 9.37. The average molecular weight is 705 g/mol. The summed E-state index contributed by atoms with van der Waals surface area (Å²) < 4.78 is 23.3. The van der Waals surface area contributed by atoms with Crippen molar-refractivity contribution >= 4 is 17.5 Å². The largest absolute Gasteiger partial charge is 0.497 e. The van der Waals surface area contributed by atoms with Crippen LogP contribution >= 0.6 is 0 Å². The molecule has 0 spiro atoms. The van der Waals surface area contributed by atoms with Gasteiger partial charge in [0.1, 0.15) is 18.1 Å². The van der Waals surface area contributed by atoms with Crippen molar-refractivity contribution in [3.63, 3.8) is 0 Å². The molecule has 2 amide bonds. The molecule has 2 aliphatic heterocycles. The number of carbonyl (C=O) groups excluding carboxylic acids is 2. The molecular formula is C38H48N4O9. The lowest BCUT2D eigenvalue weighted by Gasteiger charge is -2.44. The number of piperidine rings is 1. The molecule has 0 saturated carbocycles. The van der Waals surface area contributed by atoms with Gasteiger partial charge in [-0.3, -0.25) is 9.59 Å². The van der Waals surface area contributed by atoms with Gasteiger partial charge in [0.15, 0.2) is 0 Å². The summed E-state index contributed by atoms with van der Waals surface area (Å²) in [5, 5.41) is 12.8. The molecule has 3 atom stereocenters. The monoisotopic (exact) mass is 704 g/mol. The molecule has 2 aliphatic rings. The molecule has 0 aliphatic carbocycles. The highest BCUT2D eigenvalue weighted by atomic mass is 16.9. The minimum absolute atomic E-state index is 0.0413. The zero-order valence-electron chi connectivity index (χ0n) is 29.4. The minimum Gasteiger partial charge on any atom is -0.497 e. The van der Waals surface area contributed by atoms with E-state index in [4.69, 9.17) is 18.9 Å². The van der Waals surface area contributed by atoms with Gasteiger partial charge in [-0.25, -0.2) is 0 Å². The molecule has 1 saturated heterocycles. The molecule has 1 N–H and O–H groups in total. The van der Waals surface area contributed by atoms with Crippen molar-refractivity contribution in [1.29, 1.82) is 0 Å². The minimum atomic E-state index is -0.861. The number of ether oxygens (including phenoxy) is 4. The van der Waals surface area contributed by atoms with E-state index in [2.05, 4.69) is 21.1 Å². The third-order valence-corrected chi connectivity index (χ3v) is 9.37. The number of fused-ring (bicyclic) bond motifs is 1. The first-order chi connectivity index (χ1) is 24.8. The Morgan fingerprint density at radius 3 is 2.55 bits per heavy atom. The summed E-state index contributed by atoms with van der Waals surface area (Å²) in [7, 11) is 3.32. The topological polar surface area (TPSA) is 142 Å². The second-order valence-corrected chi connectivity index (χ2v) is 12.8. The van der Waals surface area contributed by atoms with Crippen LogP contribution in [0, 0.1) is 10.1 Å². The predicted molar refractivity (Wildman–Crippen MR) is 190 cm³/mol. The van der Waals surface area contributed by atoms with Crippen LogP contribution in [0.4, 0.5) is 5.69 Å². The number of benzene rings is 3. The smallest absolute Gasteiger partial charge is 0.294 e. The van der Waals surface area contributed by atoms with Gasteiger partial charge < -0.3 is 38.9 Å². The Kier molecular flexibility index (Phi) is 13.9. The number of amides is 2. The molecule has 274 valence electrons. The predicted octanol–water partition coefficient (Wildman–Crippen LogP) is 4.90. The summed E-state index contributed by atoms with van der Waals surface area (Å²) in [5.74, 6) is 1.06. The van der Waals surface area contributed by atoms with Gasteiger partial charge in [0.25, 0.3) is 5.09 Å². The van der Waals surface area contributed by atoms with E-state index >= 15 is 0 Å². The van der Waals surface area contributed by atoms with Crippen LogP contribution in [0.2, 0.25) is 0 Å². The lowest BCUT2D eigenvalue weighted by molar-refractivity contribution is -0.757. The van der Waals surface area contributed by atoms with Crippen molar-refractivity contribution in [3.8, 4) is 11.5 Å². The second kappa shape index (κ2) is 18.9. The normalized spacial score (nSPS) is 18.4. The standard InChI is InChI=1S/C38H48N4O9/c1-47-19-7-17-40-18-21-49-35-16-11-29(22-34(35)40)27-50-36-26-41(38(44)10-6-20-51-42(45)46)31(23-33(36)30-12-14-32(48-2)15-13-30)24-37(43)39-25-28-8-4-3-5-9-28/h3-5,8-9,11-16,22,31,33,36H,6-7,10,17-21,23-27H2,1-2H3,(H,39,43). The quantitative estimate of drug-likeness (QED) is 0.110. The fourth-order valence-corrected chi connectivity index (χ4v) is 6.74. The zero-order valence-corrected chi connectivity index (χ0v) is 29.4. The van der Waals surface area contributed by atoms with Gasteiger partial charge in [-0.15, -0.1) is 10.1 Å². The highest BCUT2D eigenvalue weighted by Crippen LogP contribution is 2.38. The van der Waals surface area contributed by atoms with Gasteiger partial charge in [0.05, 0.1) is 38.7 Å². The summed E-state index contributed by atoms with van der Waals surface area (Å²) in [6, 6.07) is 23.1. The number of likely N-dealkylation sites (tertiary alicyclic amines) is 1. The van der Waals surface area contributed by atoms with Crippen molar-refractivity contribution in [2.45, 2.75) is 63.3 Å². The van der Waals surface area contributed by atoms with Crippen LogP contribution in [0.5, 0.6) is 11.5 Å². The molecular weight excluding hydrogens is 656 g/mol. The van der Waals surface area contributed by atoms with Crippen molar-refractivity contribution in [3.05, 3.63) is 99.6 Å². The van der Waals surface area contributed by atoms with Gasteiger partial charge in [-0.1, -0.05) is 48.5 Å². The SMILES string of the molecule is COCCCN1CCOc2ccc(COC3CN(C(=O)CCCO[N+](=O)[O-])C(CC(=O)NCc4ccccc4)CC3c3ccc(OC)cc3)cc21. The Labute approximate surface area is 298 Å². The maximum absolute atomic E-state index is 13.7. The van der Waals surface area contributed by atoms with E-state index in [1.165, 1.54) is 0 Å². The van der Waals surface area contributed by atoms with E-state index in [0.29, 0.717) is 32.8 Å². The van der Waals surface area contributed by atoms with E-state index in [1.807, 2.05) is 66.7 Å². The first-order valence-electron chi connectivity index (χ1n) is 17.5. The number of methoxy groups -OCH3 is 2. The number of anilines is 1. The molecule has 2 heterocycles. The summed E-state index contributed by atoms with van der Waals surface area (Å²) in [5.41, 5.74) is 3.99. The van der Waals surface area contributed by atoms with E-state index in [9.17, 15) is 19.7 Å². The summed E-state index contributed by atoms with van der Waals surface area (Å²) in [4.78, 5) is 46.2. The number of hydrogen-bond donors (Lipinski definition) is 1. The van der Waals surface area contributed by atoms with Gasteiger partial charge in [0, 0.05) is 58.2 Å². The maximum atomic E-state index is 13.7. The highest BCUT2D eigenvalue weighted by molar-refractivity contribution is 5.80. The fraction of sp³-hybridized carbons (Fsp3) is 0.474. The summed E-state index contributed by atoms with van der Waals surface area (Å²) >= 11 is 0. The number of carbonyl (C=O) groups is 2. The van der Waals surface area contributed by atoms with Crippen LogP contribution in [-0.2, 0) is 37.1 Å². The zero-order chi connectivity index (χ0) is 36.0. The first-order valence-corrected chi connectivity index (χ1v) is 17.5. The Balaban J connectivity index is 1.36. The third kappa shape index (κ3) is 10.8. The second-order valence-electron chi connectivity index (χ2n) is 12.8. The first kappa shape index (κ1) is 37.4. The van der Waals surface area contributed by atoms with Gasteiger partial charge in [-0.2, -0.15) is 0 Å². The Morgan fingerprint density at radius 2 is 1.80 bits per heavy atom.